The van der Waals surface area contributed by atoms with E-state index in [9.17, 15) is 0 Å². The highest BCUT2D eigenvalue weighted by Crippen LogP contribution is 2.26. The van der Waals surface area contributed by atoms with Crippen molar-refractivity contribution in [3.8, 4) is 0 Å². The van der Waals surface area contributed by atoms with Crippen LogP contribution in [0.2, 0.25) is 0 Å². The number of rotatable bonds is 3. The second-order valence-corrected chi connectivity index (χ2v) is 8.81. The number of nitrogens with one attached hydrogen (secondary N) is 1. The predicted molar refractivity (Wildman–Crippen MR) is 112 cm³/mol. The molecule has 2 heterocycles. The van der Waals surface area contributed by atoms with E-state index in [1.807, 2.05) is 7.05 Å². The second kappa shape index (κ2) is 8.40. The minimum Gasteiger partial charge on any atom is -0.370 e. The molecule has 1 unspecified atom stereocenters. The minimum atomic E-state index is 0.0743. The number of hydrogen-bond acceptors (Lipinski definition) is 4. The van der Waals surface area contributed by atoms with Gasteiger partial charge in [-0.3, -0.25) is 4.99 Å². The summed E-state index contributed by atoms with van der Waals surface area (Å²) in [6, 6.07) is 8.44. The van der Waals surface area contributed by atoms with Crippen molar-refractivity contribution in [2.75, 3.05) is 26.7 Å². The van der Waals surface area contributed by atoms with Gasteiger partial charge in [0, 0.05) is 24.4 Å². The molecule has 1 fully saturated rings. The van der Waals surface area contributed by atoms with Gasteiger partial charge in [-0.25, -0.2) is 4.98 Å². The summed E-state index contributed by atoms with van der Waals surface area (Å²) in [4.78, 5) is 11.5. The van der Waals surface area contributed by atoms with Gasteiger partial charge in [0.1, 0.15) is 6.10 Å². The molecular weight excluding hydrogens is 356 g/mol. The second-order valence-electron chi connectivity index (χ2n) is 7.96. The first-order chi connectivity index (χ1) is 12.9. The Balaban J connectivity index is 1.63. The SMILES string of the molecule is CN=C(NCc1csc(C(C)(C)C)n1)N1CCOC(c2ccccc2C)C1. The molecule has 1 saturated heterocycles. The molecule has 0 amide bonds. The molecular formula is C21H30N4OS. The van der Waals surface area contributed by atoms with Crippen molar-refractivity contribution in [2.24, 2.45) is 4.99 Å². The van der Waals surface area contributed by atoms with Crippen molar-refractivity contribution in [2.45, 2.75) is 45.8 Å². The van der Waals surface area contributed by atoms with Crippen molar-refractivity contribution in [1.29, 1.82) is 0 Å². The summed E-state index contributed by atoms with van der Waals surface area (Å²) >= 11 is 1.73. The summed E-state index contributed by atoms with van der Waals surface area (Å²) in [7, 11) is 1.84. The molecule has 1 N–H and O–H groups in total. The van der Waals surface area contributed by atoms with Gasteiger partial charge >= 0.3 is 0 Å². The number of aliphatic imine (C=N–C) groups is 1. The fourth-order valence-electron chi connectivity index (χ4n) is 3.21. The minimum absolute atomic E-state index is 0.0743. The van der Waals surface area contributed by atoms with Crippen LogP contribution < -0.4 is 5.32 Å². The van der Waals surface area contributed by atoms with Crippen LogP contribution in [-0.2, 0) is 16.7 Å². The lowest BCUT2D eigenvalue weighted by atomic mass is 9.98. The number of guanidine groups is 1. The normalized spacial score (nSPS) is 18.6. The largest absolute Gasteiger partial charge is 0.370 e. The van der Waals surface area contributed by atoms with Crippen molar-refractivity contribution >= 4 is 17.3 Å². The van der Waals surface area contributed by atoms with Crippen LogP contribution in [0, 0.1) is 6.92 Å². The van der Waals surface area contributed by atoms with E-state index < -0.39 is 0 Å². The molecule has 0 spiro atoms. The first-order valence-corrected chi connectivity index (χ1v) is 10.3. The highest BCUT2D eigenvalue weighted by atomic mass is 32.1. The van der Waals surface area contributed by atoms with Crippen LogP contribution in [-0.4, -0.2) is 42.6 Å². The zero-order valence-electron chi connectivity index (χ0n) is 17.0. The van der Waals surface area contributed by atoms with Crippen LogP contribution in [0.1, 0.15) is 48.7 Å². The van der Waals surface area contributed by atoms with Crippen LogP contribution in [0.15, 0.2) is 34.6 Å². The van der Waals surface area contributed by atoms with Crippen molar-refractivity contribution in [1.82, 2.24) is 15.2 Å². The van der Waals surface area contributed by atoms with Gasteiger partial charge in [0.25, 0.3) is 0 Å². The van der Waals surface area contributed by atoms with E-state index in [2.05, 4.69) is 72.5 Å². The van der Waals surface area contributed by atoms with Gasteiger partial charge in [-0.1, -0.05) is 45.0 Å². The third-order valence-corrected chi connectivity index (χ3v) is 6.05. The Kier molecular flexibility index (Phi) is 6.17. The third kappa shape index (κ3) is 4.87. The zero-order chi connectivity index (χ0) is 19.4. The van der Waals surface area contributed by atoms with Gasteiger partial charge < -0.3 is 15.0 Å². The Morgan fingerprint density at radius 2 is 2.15 bits per heavy atom. The molecule has 0 radical (unpaired) electrons. The molecule has 1 aromatic heterocycles. The third-order valence-electron chi connectivity index (χ3n) is 4.73. The molecule has 5 nitrogen and oxygen atoms in total. The van der Waals surface area contributed by atoms with E-state index in [1.54, 1.807) is 11.3 Å². The van der Waals surface area contributed by atoms with Crippen LogP contribution in [0.25, 0.3) is 0 Å². The van der Waals surface area contributed by atoms with Crippen LogP contribution in [0.5, 0.6) is 0 Å². The quantitative estimate of drug-likeness (QED) is 0.642. The molecule has 1 aliphatic heterocycles. The molecule has 0 aliphatic carbocycles. The number of ether oxygens (including phenoxy) is 1. The van der Waals surface area contributed by atoms with E-state index >= 15 is 0 Å². The molecule has 3 rings (SSSR count). The van der Waals surface area contributed by atoms with Crippen molar-refractivity contribution < 1.29 is 4.74 Å². The number of thiazole rings is 1. The predicted octanol–water partition coefficient (Wildman–Crippen LogP) is 3.90. The van der Waals surface area contributed by atoms with E-state index in [0.717, 1.165) is 24.7 Å². The first-order valence-electron chi connectivity index (χ1n) is 9.46. The lowest BCUT2D eigenvalue weighted by Gasteiger charge is -2.35. The Morgan fingerprint density at radius 3 is 2.81 bits per heavy atom. The Bertz CT molecular complexity index is 793. The summed E-state index contributed by atoms with van der Waals surface area (Å²) < 4.78 is 6.04. The van der Waals surface area contributed by atoms with Crippen LogP contribution >= 0.6 is 11.3 Å². The van der Waals surface area contributed by atoms with E-state index in [1.165, 1.54) is 16.1 Å². The number of aryl methyl sites for hydroxylation is 1. The average Bonchev–Trinajstić information content (AvgIpc) is 3.12. The van der Waals surface area contributed by atoms with Gasteiger partial charge in [-0.05, 0) is 18.1 Å². The van der Waals surface area contributed by atoms with E-state index in [4.69, 9.17) is 9.72 Å². The van der Waals surface area contributed by atoms with Gasteiger partial charge in [-0.2, -0.15) is 0 Å². The topological polar surface area (TPSA) is 49.8 Å². The molecule has 0 saturated carbocycles. The van der Waals surface area contributed by atoms with Crippen LogP contribution in [0.4, 0.5) is 0 Å². The first kappa shape index (κ1) is 19.8. The standard InChI is InChI=1S/C21H30N4OS/c1-15-8-6-7-9-17(15)18-13-25(10-11-26-18)20(22-5)23-12-16-14-27-19(24-16)21(2,3)4/h6-9,14,18H,10-13H2,1-5H3,(H,22,23). The smallest absolute Gasteiger partial charge is 0.194 e. The molecule has 6 heteroatoms. The molecule has 1 aliphatic rings. The summed E-state index contributed by atoms with van der Waals surface area (Å²) in [5.41, 5.74) is 3.68. The molecule has 1 aromatic carbocycles. The maximum Gasteiger partial charge on any atom is 0.194 e. The Labute approximate surface area is 166 Å². The number of aromatic nitrogens is 1. The summed E-state index contributed by atoms with van der Waals surface area (Å²) in [5, 5.41) is 6.77. The number of nitrogens with zero attached hydrogens (tertiary/aromatic N) is 3. The average molecular weight is 387 g/mol. The molecule has 2 aromatic rings. The van der Waals surface area contributed by atoms with Gasteiger partial charge in [0.2, 0.25) is 0 Å². The molecule has 1 atom stereocenters. The molecule has 27 heavy (non-hydrogen) atoms. The lowest BCUT2D eigenvalue weighted by molar-refractivity contribution is -0.00834. The van der Waals surface area contributed by atoms with Gasteiger partial charge in [0.05, 0.1) is 30.4 Å². The van der Waals surface area contributed by atoms with Crippen molar-refractivity contribution in [3.63, 3.8) is 0 Å². The lowest BCUT2D eigenvalue weighted by Crippen LogP contribution is -2.48. The Morgan fingerprint density at radius 1 is 1.37 bits per heavy atom. The summed E-state index contributed by atoms with van der Waals surface area (Å²) in [5.74, 6) is 0.905. The summed E-state index contributed by atoms with van der Waals surface area (Å²) in [6.07, 6.45) is 0.0743. The number of benzene rings is 1. The highest BCUT2D eigenvalue weighted by molar-refractivity contribution is 7.09. The maximum atomic E-state index is 6.04. The van der Waals surface area contributed by atoms with Gasteiger partial charge in [0.15, 0.2) is 5.96 Å². The zero-order valence-corrected chi connectivity index (χ0v) is 17.8. The highest BCUT2D eigenvalue weighted by Gasteiger charge is 2.25. The number of morpholine rings is 1. The molecule has 146 valence electrons. The monoisotopic (exact) mass is 386 g/mol. The van der Waals surface area contributed by atoms with Gasteiger partial charge in [-0.15, -0.1) is 11.3 Å². The van der Waals surface area contributed by atoms with E-state index in [0.29, 0.717) is 13.2 Å². The fourth-order valence-corrected chi connectivity index (χ4v) is 4.12. The molecule has 0 bridgehead atoms. The maximum absolute atomic E-state index is 6.04. The van der Waals surface area contributed by atoms with Crippen LogP contribution in [0.3, 0.4) is 0 Å². The fraction of sp³-hybridized carbons (Fsp3) is 0.524. The summed E-state index contributed by atoms with van der Waals surface area (Å²) in [6.45, 7) is 11.8. The number of hydrogen-bond donors (Lipinski definition) is 1. The van der Waals surface area contributed by atoms with E-state index in [-0.39, 0.29) is 11.5 Å². The van der Waals surface area contributed by atoms with Crippen molar-refractivity contribution in [3.05, 3.63) is 51.5 Å². The Hall–Kier alpha value is -1.92.